The van der Waals surface area contributed by atoms with Crippen molar-refractivity contribution in [1.82, 2.24) is 9.88 Å². The van der Waals surface area contributed by atoms with Crippen molar-refractivity contribution >= 4 is 38.8 Å². The summed E-state index contributed by atoms with van der Waals surface area (Å²) in [5.41, 5.74) is 3.24. The molecule has 0 unspecified atom stereocenters. The number of hydrogen-bond donors (Lipinski definition) is 1. The molecule has 3 aromatic rings. The van der Waals surface area contributed by atoms with Crippen LogP contribution in [0.3, 0.4) is 0 Å². The number of rotatable bonds is 5. The summed E-state index contributed by atoms with van der Waals surface area (Å²) in [6.07, 6.45) is 4.68. The smallest absolute Gasteiger partial charge is 0.238 e. The second kappa shape index (κ2) is 8.74. The van der Waals surface area contributed by atoms with Crippen molar-refractivity contribution in [3.8, 4) is 0 Å². The highest BCUT2D eigenvalue weighted by Crippen LogP contribution is 2.33. The van der Waals surface area contributed by atoms with Gasteiger partial charge in [-0.3, -0.25) is 9.69 Å². The summed E-state index contributed by atoms with van der Waals surface area (Å²) in [6, 6.07) is 16.6. The molecule has 0 spiro atoms. The zero-order chi connectivity index (χ0) is 20.3. The van der Waals surface area contributed by atoms with Crippen molar-refractivity contribution in [3.05, 3.63) is 53.5 Å². The van der Waals surface area contributed by atoms with Crippen molar-refractivity contribution in [3.63, 3.8) is 0 Å². The summed E-state index contributed by atoms with van der Waals surface area (Å²) in [4.78, 5) is 22.0. The van der Waals surface area contributed by atoms with Crippen LogP contribution in [0.25, 0.3) is 10.2 Å². The number of likely N-dealkylation sites (tertiary alicyclic amines) is 1. The summed E-state index contributed by atoms with van der Waals surface area (Å²) < 4.78 is 1.27. The number of thiazole rings is 1. The van der Waals surface area contributed by atoms with Crippen LogP contribution in [0.15, 0.2) is 48.5 Å². The van der Waals surface area contributed by atoms with Gasteiger partial charge in [-0.15, -0.1) is 11.3 Å². The predicted molar refractivity (Wildman–Crippen MR) is 125 cm³/mol. The molecule has 1 N–H and O–H groups in total. The van der Waals surface area contributed by atoms with E-state index in [0.29, 0.717) is 12.5 Å². The van der Waals surface area contributed by atoms with Crippen LogP contribution >= 0.6 is 11.3 Å². The van der Waals surface area contributed by atoms with Crippen molar-refractivity contribution in [2.75, 3.05) is 42.9 Å². The van der Waals surface area contributed by atoms with Crippen LogP contribution in [0.1, 0.15) is 36.6 Å². The average molecular weight is 421 g/mol. The van der Waals surface area contributed by atoms with Crippen molar-refractivity contribution in [1.29, 1.82) is 0 Å². The molecule has 6 heteroatoms. The van der Waals surface area contributed by atoms with Gasteiger partial charge in [0.1, 0.15) is 0 Å². The molecule has 156 valence electrons. The normalized spacial score (nSPS) is 18.2. The molecule has 30 heavy (non-hydrogen) atoms. The van der Waals surface area contributed by atoms with E-state index in [1.165, 1.54) is 28.2 Å². The largest absolute Gasteiger partial charge is 0.372 e. The molecular formula is C24H28N4OS. The zero-order valence-corrected chi connectivity index (χ0v) is 18.0. The van der Waals surface area contributed by atoms with E-state index in [1.807, 2.05) is 29.5 Å². The fourth-order valence-corrected chi connectivity index (χ4v) is 5.67. The average Bonchev–Trinajstić information content (AvgIpc) is 3.45. The third kappa shape index (κ3) is 4.35. The molecular weight excluding hydrogens is 392 g/mol. The monoisotopic (exact) mass is 420 g/mol. The Hall–Kier alpha value is -2.44. The van der Waals surface area contributed by atoms with Gasteiger partial charge in [0, 0.05) is 30.4 Å². The van der Waals surface area contributed by atoms with Crippen LogP contribution in [0, 0.1) is 0 Å². The fourth-order valence-electron chi connectivity index (χ4n) is 4.54. The summed E-state index contributed by atoms with van der Waals surface area (Å²) in [6.45, 7) is 4.63. The lowest BCUT2D eigenvalue weighted by Crippen LogP contribution is -2.38. The predicted octanol–water partition coefficient (Wildman–Crippen LogP) is 4.71. The van der Waals surface area contributed by atoms with Gasteiger partial charge in [-0.05, 0) is 75.2 Å². The maximum Gasteiger partial charge on any atom is 0.238 e. The first-order valence-corrected chi connectivity index (χ1v) is 11.8. The number of aromatic nitrogens is 1. The highest BCUT2D eigenvalue weighted by molar-refractivity contribution is 7.18. The third-order valence-corrected chi connectivity index (χ3v) is 7.44. The molecule has 0 saturated carbocycles. The van der Waals surface area contributed by atoms with Crippen molar-refractivity contribution in [2.24, 2.45) is 0 Å². The molecule has 2 aromatic carbocycles. The quantitative estimate of drug-likeness (QED) is 0.649. The molecule has 2 fully saturated rings. The highest BCUT2D eigenvalue weighted by Gasteiger charge is 2.24. The number of anilines is 2. The van der Waals surface area contributed by atoms with Gasteiger partial charge in [0.2, 0.25) is 5.91 Å². The van der Waals surface area contributed by atoms with Gasteiger partial charge >= 0.3 is 0 Å². The van der Waals surface area contributed by atoms with Gasteiger partial charge < -0.3 is 10.2 Å². The molecule has 1 aromatic heterocycles. The Bertz CT molecular complexity index is 968. The van der Waals surface area contributed by atoms with Gasteiger partial charge in [0.15, 0.2) is 0 Å². The van der Waals surface area contributed by atoms with Gasteiger partial charge in [0.05, 0.1) is 21.8 Å². The molecule has 1 amide bonds. The Morgan fingerprint density at radius 2 is 1.73 bits per heavy atom. The Morgan fingerprint density at radius 3 is 2.47 bits per heavy atom. The van der Waals surface area contributed by atoms with Gasteiger partial charge in [-0.25, -0.2) is 4.98 Å². The van der Waals surface area contributed by atoms with E-state index in [-0.39, 0.29) is 5.91 Å². The van der Waals surface area contributed by atoms with E-state index in [2.05, 4.69) is 45.4 Å². The standard InChI is InChI=1S/C24H28N4OS/c29-23(25-19-7-9-20(10-8-19)28-13-3-4-14-28)17-27-15-11-18(12-16-27)24-26-21-5-1-2-6-22(21)30-24/h1-2,5-10,18H,3-4,11-17H2,(H,25,29). The van der Waals surface area contributed by atoms with Crippen LogP contribution in [0.4, 0.5) is 11.4 Å². The molecule has 2 saturated heterocycles. The number of carbonyl (C=O) groups is 1. The molecule has 5 rings (SSSR count). The van der Waals surface area contributed by atoms with Gasteiger partial charge in [-0.2, -0.15) is 0 Å². The minimum absolute atomic E-state index is 0.0716. The Labute approximate surface area is 181 Å². The SMILES string of the molecule is O=C(CN1CCC(c2nc3ccccc3s2)CC1)Nc1ccc(N2CCCC2)cc1. The molecule has 0 atom stereocenters. The lowest BCUT2D eigenvalue weighted by atomic mass is 9.97. The Morgan fingerprint density at radius 1 is 1.00 bits per heavy atom. The number of amides is 1. The van der Waals surface area contributed by atoms with Crippen molar-refractivity contribution in [2.45, 2.75) is 31.6 Å². The third-order valence-electron chi connectivity index (χ3n) is 6.24. The molecule has 0 radical (unpaired) electrons. The number of para-hydroxylation sites is 1. The molecule has 0 aliphatic carbocycles. The number of carbonyl (C=O) groups excluding carboxylic acids is 1. The number of piperidine rings is 1. The molecule has 5 nitrogen and oxygen atoms in total. The Kier molecular flexibility index (Phi) is 5.69. The number of benzene rings is 2. The lowest BCUT2D eigenvalue weighted by molar-refractivity contribution is -0.117. The second-order valence-corrected chi connectivity index (χ2v) is 9.42. The van der Waals surface area contributed by atoms with Crippen LogP contribution < -0.4 is 10.2 Å². The molecule has 2 aliphatic heterocycles. The minimum atomic E-state index is 0.0716. The summed E-state index contributed by atoms with van der Waals surface area (Å²) in [7, 11) is 0. The number of nitrogens with zero attached hydrogens (tertiary/aromatic N) is 3. The van der Waals surface area contributed by atoms with Crippen LogP contribution in [0.2, 0.25) is 0 Å². The van der Waals surface area contributed by atoms with E-state index in [9.17, 15) is 4.79 Å². The van der Waals surface area contributed by atoms with E-state index < -0.39 is 0 Å². The first kappa shape index (κ1) is 19.5. The van der Waals surface area contributed by atoms with E-state index >= 15 is 0 Å². The van der Waals surface area contributed by atoms with Crippen LogP contribution in [0.5, 0.6) is 0 Å². The Balaban J connectivity index is 1.11. The fraction of sp³-hybridized carbons (Fsp3) is 0.417. The second-order valence-electron chi connectivity index (χ2n) is 8.36. The minimum Gasteiger partial charge on any atom is -0.372 e. The maximum absolute atomic E-state index is 12.5. The summed E-state index contributed by atoms with van der Waals surface area (Å²) in [5, 5.41) is 4.31. The van der Waals surface area contributed by atoms with Crippen LogP contribution in [-0.4, -0.2) is 48.5 Å². The first-order chi connectivity index (χ1) is 14.7. The number of nitrogens with one attached hydrogen (secondary N) is 1. The summed E-state index contributed by atoms with van der Waals surface area (Å²) in [5.74, 6) is 0.585. The number of fused-ring (bicyclic) bond motifs is 1. The molecule has 2 aliphatic rings. The van der Waals surface area contributed by atoms with Gasteiger partial charge in [-0.1, -0.05) is 12.1 Å². The van der Waals surface area contributed by atoms with Crippen molar-refractivity contribution < 1.29 is 4.79 Å². The zero-order valence-electron chi connectivity index (χ0n) is 17.2. The van der Waals surface area contributed by atoms with Gasteiger partial charge in [0.25, 0.3) is 0 Å². The molecule has 0 bridgehead atoms. The van der Waals surface area contributed by atoms with Crippen LogP contribution in [-0.2, 0) is 4.79 Å². The molecule has 3 heterocycles. The summed E-state index contributed by atoms with van der Waals surface area (Å²) >= 11 is 1.82. The first-order valence-electron chi connectivity index (χ1n) is 11.0. The maximum atomic E-state index is 12.5. The lowest BCUT2D eigenvalue weighted by Gasteiger charge is -2.30. The topological polar surface area (TPSA) is 48.5 Å². The highest BCUT2D eigenvalue weighted by atomic mass is 32.1. The van der Waals surface area contributed by atoms with E-state index in [0.717, 1.165) is 50.2 Å². The number of hydrogen-bond acceptors (Lipinski definition) is 5. The van der Waals surface area contributed by atoms with E-state index in [4.69, 9.17) is 4.98 Å². The van der Waals surface area contributed by atoms with E-state index in [1.54, 1.807) is 0 Å².